The van der Waals surface area contributed by atoms with E-state index in [0.717, 1.165) is 37.2 Å². The van der Waals surface area contributed by atoms with E-state index in [1.807, 2.05) is 25.1 Å². The number of rotatable bonds is 5. The van der Waals surface area contributed by atoms with Crippen LogP contribution in [0.25, 0.3) is 0 Å². The molecule has 1 fully saturated rings. The van der Waals surface area contributed by atoms with Crippen LogP contribution in [-0.2, 0) is 0 Å². The maximum atomic E-state index is 12.7. The minimum absolute atomic E-state index is 0.189. The van der Waals surface area contributed by atoms with Crippen molar-refractivity contribution in [2.24, 2.45) is 0 Å². The maximum Gasteiger partial charge on any atom is 0.254 e. The number of anilines is 1. The summed E-state index contributed by atoms with van der Waals surface area (Å²) in [6.45, 7) is 3.72. The second-order valence-electron chi connectivity index (χ2n) is 5.94. The number of nitrogens with zero attached hydrogens (tertiary/aromatic N) is 1. The third-order valence-electron chi connectivity index (χ3n) is 4.22. The molecule has 1 unspecified atom stereocenters. The van der Waals surface area contributed by atoms with Crippen molar-refractivity contribution in [1.29, 1.82) is 0 Å². The van der Waals surface area contributed by atoms with Gasteiger partial charge in [-0.1, -0.05) is 11.6 Å². The Morgan fingerprint density at radius 1 is 1.35 bits per heavy atom. The van der Waals surface area contributed by atoms with Crippen LogP contribution in [0.1, 0.15) is 40.6 Å². The van der Waals surface area contributed by atoms with Gasteiger partial charge in [-0.05, 0) is 44.0 Å². The first kappa shape index (κ1) is 15.6. The molecule has 2 N–H and O–H groups in total. The van der Waals surface area contributed by atoms with E-state index in [9.17, 15) is 9.90 Å². The molecule has 0 saturated carbocycles. The summed E-state index contributed by atoms with van der Waals surface area (Å²) in [5.41, 5.74) is 2.65. The van der Waals surface area contributed by atoms with Crippen LogP contribution < -0.4 is 10.2 Å². The monoisotopic (exact) mass is 314 g/mol. The van der Waals surface area contributed by atoms with Gasteiger partial charge in [-0.25, -0.2) is 0 Å². The second kappa shape index (κ2) is 6.87. The molecule has 1 aromatic carbocycles. The van der Waals surface area contributed by atoms with E-state index >= 15 is 0 Å². The minimum Gasteiger partial charge on any atom is -0.467 e. The molecule has 1 amide bonds. The van der Waals surface area contributed by atoms with Crippen molar-refractivity contribution in [2.45, 2.75) is 25.8 Å². The zero-order chi connectivity index (χ0) is 16.2. The van der Waals surface area contributed by atoms with Crippen molar-refractivity contribution in [3.05, 3.63) is 53.5 Å². The lowest BCUT2D eigenvalue weighted by Crippen LogP contribution is -2.32. The number of hydrogen-bond donors (Lipinski definition) is 2. The summed E-state index contributed by atoms with van der Waals surface area (Å²) in [6.07, 6.45) is 3.84. The number of furan rings is 1. The molecule has 122 valence electrons. The van der Waals surface area contributed by atoms with E-state index in [1.54, 1.807) is 12.1 Å². The predicted octanol–water partition coefficient (Wildman–Crippen LogP) is 2.65. The summed E-state index contributed by atoms with van der Waals surface area (Å²) in [5, 5.41) is 12.4. The van der Waals surface area contributed by atoms with Crippen LogP contribution in [0.5, 0.6) is 0 Å². The van der Waals surface area contributed by atoms with Crippen LogP contribution in [-0.4, -0.2) is 30.7 Å². The molecule has 1 aromatic heterocycles. The molecule has 3 rings (SSSR count). The zero-order valence-corrected chi connectivity index (χ0v) is 13.3. The fraction of sp³-hybridized carbons (Fsp3) is 0.389. The van der Waals surface area contributed by atoms with E-state index in [2.05, 4.69) is 10.2 Å². The number of nitrogens with one attached hydrogen (secondary N) is 1. The maximum absolute atomic E-state index is 12.7. The number of hydrogen-bond acceptors (Lipinski definition) is 4. The Labute approximate surface area is 135 Å². The summed E-state index contributed by atoms with van der Waals surface area (Å²) < 4.78 is 5.29. The summed E-state index contributed by atoms with van der Waals surface area (Å²) >= 11 is 0. The van der Waals surface area contributed by atoms with Crippen LogP contribution in [0.2, 0.25) is 0 Å². The average Bonchev–Trinajstić information content (AvgIpc) is 3.25. The molecular weight excluding hydrogens is 292 g/mol. The number of aliphatic hydroxyl groups is 1. The lowest BCUT2D eigenvalue weighted by Gasteiger charge is -2.22. The van der Waals surface area contributed by atoms with E-state index in [0.29, 0.717) is 11.3 Å². The number of carbonyl (C=O) groups is 1. The van der Waals surface area contributed by atoms with Gasteiger partial charge in [0.1, 0.15) is 11.8 Å². The van der Waals surface area contributed by atoms with Crippen LogP contribution in [0.15, 0.2) is 41.0 Å². The largest absolute Gasteiger partial charge is 0.467 e. The highest BCUT2D eigenvalue weighted by atomic mass is 16.3. The number of aryl methyl sites for hydroxylation is 1. The molecule has 1 atom stereocenters. The third kappa shape index (κ3) is 3.40. The van der Waals surface area contributed by atoms with Gasteiger partial charge in [0.2, 0.25) is 0 Å². The van der Waals surface area contributed by atoms with E-state index < -0.39 is 6.04 Å². The third-order valence-corrected chi connectivity index (χ3v) is 4.22. The van der Waals surface area contributed by atoms with Crippen molar-refractivity contribution in [1.82, 2.24) is 5.32 Å². The normalized spacial score (nSPS) is 15.7. The van der Waals surface area contributed by atoms with Gasteiger partial charge in [0, 0.05) is 18.8 Å². The number of carbonyl (C=O) groups excluding carboxylic acids is 1. The highest BCUT2D eigenvalue weighted by molar-refractivity contribution is 6.00. The predicted molar refractivity (Wildman–Crippen MR) is 88.6 cm³/mol. The Kier molecular flexibility index (Phi) is 4.67. The molecule has 0 bridgehead atoms. The summed E-state index contributed by atoms with van der Waals surface area (Å²) in [4.78, 5) is 15.0. The van der Waals surface area contributed by atoms with Crippen molar-refractivity contribution in [3.8, 4) is 0 Å². The Morgan fingerprint density at radius 2 is 2.13 bits per heavy atom. The second-order valence-corrected chi connectivity index (χ2v) is 5.94. The first-order valence-electron chi connectivity index (χ1n) is 8.00. The van der Waals surface area contributed by atoms with Gasteiger partial charge in [0.05, 0.1) is 18.4 Å². The molecule has 1 aliphatic heterocycles. The van der Waals surface area contributed by atoms with Crippen molar-refractivity contribution in [2.75, 3.05) is 24.6 Å². The first-order chi connectivity index (χ1) is 11.2. The van der Waals surface area contributed by atoms with Crippen LogP contribution >= 0.6 is 0 Å². The lowest BCUT2D eigenvalue weighted by molar-refractivity contribution is 0.0907. The zero-order valence-electron chi connectivity index (χ0n) is 13.3. The molecule has 23 heavy (non-hydrogen) atoms. The molecule has 0 aliphatic carbocycles. The fourth-order valence-electron chi connectivity index (χ4n) is 3.00. The SMILES string of the molecule is Cc1ccc(N2CCCC2)c(C(=O)NC(CO)c2ccco2)c1. The van der Waals surface area contributed by atoms with Crippen molar-refractivity contribution < 1.29 is 14.3 Å². The Morgan fingerprint density at radius 3 is 2.78 bits per heavy atom. The Hall–Kier alpha value is -2.27. The van der Waals surface area contributed by atoms with E-state index in [4.69, 9.17) is 4.42 Å². The molecule has 1 aliphatic rings. The molecular formula is C18H22N2O3. The summed E-state index contributed by atoms with van der Waals surface area (Å²) in [5.74, 6) is 0.363. The topological polar surface area (TPSA) is 65.7 Å². The number of amides is 1. The summed E-state index contributed by atoms with van der Waals surface area (Å²) in [7, 11) is 0. The standard InChI is InChI=1S/C18H22N2O3/c1-13-6-7-16(20-8-2-3-9-20)14(11-13)18(22)19-15(12-21)17-5-4-10-23-17/h4-7,10-11,15,21H,2-3,8-9,12H2,1H3,(H,19,22). The van der Waals surface area contributed by atoms with Crippen molar-refractivity contribution >= 4 is 11.6 Å². The summed E-state index contributed by atoms with van der Waals surface area (Å²) in [6, 6.07) is 8.89. The molecule has 0 radical (unpaired) electrons. The smallest absolute Gasteiger partial charge is 0.254 e. The molecule has 5 heteroatoms. The molecule has 5 nitrogen and oxygen atoms in total. The molecule has 2 aromatic rings. The van der Waals surface area contributed by atoms with Gasteiger partial charge >= 0.3 is 0 Å². The van der Waals surface area contributed by atoms with Gasteiger partial charge in [-0.3, -0.25) is 4.79 Å². The molecule has 2 heterocycles. The van der Waals surface area contributed by atoms with Crippen LogP contribution in [0.3, 0.4) is 0 Å². The van der Waals surface area contributed by atoms with Gasteiger partial charge in [0.15, 0.2) is 0 Å². The Balaban J connectivity index is 1.84. The quantitative estimate of drug-likeness (QED) is 0.890. The fourth-order valence-corrected chi connectivity index (χ4v) is 3.00. The number of benzene rings is 1. The minimum atomic E-state index is -0.538. The van der Waals surface area contributed by atoms with Crippen LogP contribution in [0, 0.1) is 6.92 Å². The van der Waals surface area contributed by atoms with Crippen molar-refractivity contribution in [3.63, 3.8) is 0 Å². The first-order valence-corrected chi connectivity index (χ1v) is 8.00. The van der Waals surface area contributed by atoms with Gasteiger partial charge in [-0.2, -0.15) is 0 Å². The van der Waals surface area contributed by atoms with Gasteiger partial charge in [-0.15, -0.1) is 0 Å². The highest BCUT2D eigenvalue weighted by Gasteiger charge is 2.22. The van der Waals surface area contributed by atoms with Gasteiger partial charge < -0.3 is 19.7 Å². The van der Waals surface area contributed by atoms with Gasteiger partial charge in [0.25, 0.3) is 5.91 Å². The lowest BCUT2D eigenvalue weighted by atomic mass is 10.1. The molecule has 0 spiro atoms. The Bertz CT molecular complexity index is 661. The average molecular weight is 314 g/mol. The van der Waals surface area contributed by atoms with E-state index in [-0.39, 0.29) is 12.5 Å². The van der Waals surface area contributed by atoms with Crippen LogP contribution in [0.4, 0.5) is 5.69 Å². The molecule has 1 saturated heterocycles. The van der Waals surface area contributed by atoms with E-state index in [1.165, 1.54) is 6.26 Å². The number of aliphatic hydroxyl groups excluding tert-OH is 1. The highest BCUT2D eigenvalue weighted by Crippen LogP contribution is 2.26.